The second-order valence-electron chi connectivity index (χ2n) is 11.2. The van der Waals surface area contributed by atoms with Gasteiger partial charge in [0.05, 0.1) is 5.41 Å². The second kappa shape index (κ2) is 8.08. The maximum absolute atomic E-state index is 13.8. The van der Waals surface area contributed by atoms with Crippen LogP contribution in [0, 0.1) is 16.7 Å². The van der Waals surface area contributed by atoms with Gasteiger partial charge in [-0.15, -0.1) is 0 Å². The summed E-state index contributed by atoms with van der Waals surface area (Å²) in [5.74, 6) is 1.10. The first-order valence-corrected chi connectivity index (χ1v) is 12.3. The smallest absolute Gasteiger partial charge is 0.226 e. The molecule has 4 bridgehead atoms. The number of carbonyl (C=O) groups is 1. The van der Waals surface area contributed by atoms with Crippen LogP contribution in [0.4, 0.5) is 0 Å². The van der Waals surface area contributed by atoms with Crippen molar-refractivity contribution in [3.63, 3.8) is 0 Å². The molecule has 0 radical (unpaired) electrons. The quantitative estimate of drug-likeness (QED) is 0.459. The summed E-state index contributed by atoms with van der Waals surface area (Å²) in [5, 5.41) is 3.55. The van der Waals surface area contributed by atoms with Gasteiger partial charge in [0.15, 0.2) is 0 Å². The maximum atomic E-state index is 13.8. The number of unbranched alkanes of at least 4 members (excludes halogenated alkanes) is 3. The Labute approximate surface area is 178 Å². The highest BCUT2D eigenvalue weighted by Gasteiger charge is 2.64. The maximum Gasteiger partial charge on any atom is 0.226 e. The molecule has 29 heavy (non-hydrogen) atoms. The molecule has 0 spiro atoms. The molecule has 4 unspecified atom stereocenters. The fraction of sp³-hybridized carbons (Fsp3) is 0.741. The van der Waals surface area contributed by atoms with Gasteiger partial charge in [0.1, 0.15) is 0 Å². The van der Waals surface area contributed by atoms with E-state index in [1.165, 1.54) is 50.5 Å². The Kier molecular flexibility index (Phi) is 5.84. The van der Waals surface area contributed by atoms with E-state index in [2.05, 4.69) is 56.4 Å². The molecule has 0 aromatic heterocycles. The molecule has 4 fully saturated rings. The van der Waals surface area contributed by atoms with Gasteiger partial charge in [-0.25, -0.2) is 0 Å². The largest absolute Gasteiger partial charge is 0.353 e. The third-order valence-electron chi connectivity index (χ3n) is 8.45. The van der Waals surface area contributed by atoms with Crippen molar-refractivity contribution < 1.29 is 4.79 Å². The zero-order valence-corrected chi connectivity index (χ0v) is 18.9. The number of carbonyl (C=O) groups excluding carboxylic acids is 1. The van der Waals surface area contributed by atoms with Crippen LogP contribution >= 0.6 is 0 Å². The van der Waals surface area contributed by atoms with Crippen molar-refractivity contribution in [2.45, 2.75) is 109 Å². The van der Waals surface area contributed by atoms with Crippen LogP contribution in [0.1, 0.15) is 103 Å². The van der Waals surface area contributed by atoms with Crippen LogP contribution in [0.2, 0.25) is 0 Å². The number of benzene rings is 1. The Balaban J connectivity index is 1.53. The molecule has 4 aliphatic rings. The zero-order valence-electron chi connectivity index (χ0n) is 18.9. The van der Waals surface area contributed by atoms with Gasteiger partial charge in [-0.05, 0) is 73.7 Å². The number of hydrogen-bond donors (Lipinski definition) is 1. The summed E-state index contributed by atoms with van der Waals surface area (Å²) in [6, 6.07) is 11.5. The van der Waals surface area contributed by atoms with Crippen LogP contribution in [-0.4, -0.2) is 11.9 Å². The molecule has 4 aliphatic carbocycles. The monoisotopic (exact) mass is 395 g/mol. The second-order valence-corrected chi connectivity index (χ2v) is 11.2. The molecule has 0 heterocycles. The minimum absolute atomic E-state index is 0.138. The van der Waals surface area contributed by atoms with Crippen molar-refractivity contribution in [3.8, 4) is 0 Å². The fourth-order valence-electron chi connectivity index (χ4n) is 7.82. The van der Waals surface area contributed by atoms with Crippen molar-refractivity contribution in [2.75, 3.05) is 0 Å². The van der Waals surface area contributed by atoms with Crippen LogP contribution in [0.25, 0.3) is 0 Å². The Bertz CT molecular complexity index is 715. The standard InChI is InChI=1S/C27H41NO/c1-4-6-7-11-14-23(5-2)28-24(29)27-17-21-15-25(3,19-27)18-26(16-21,20-27)22-12-9-8-10-13-22/h8-10,12-13,21,23H,4-7,11,14-20H2,1-3H3,(H,28,29)/t21?,23-,25?,26?,27?/m0/s1. The highest BCUT2D eigenvalue weighted by molar-refractivity contribution is 5.84. The summed E-state index contributed by atoms with van der Waals surface area (Å²) < 4.78 is 0. The first-order chi connectivity index (χ1) is 13.9. The van der Waals surface area contributed by atoms with E-state index in [-0.39, 0.29) is 10.8 Å². The fourth-order valence-corrected chi connectivity index (χ4v) is 7.82. The van der Waals surface area contributed by atoms with Gasteiger partial charge in [0, 0.05) is 6.04 Å². The lowest BCUT2D eigenvalue weighted by Crippen LogP contribution is -2.62. The molecule has 2 nitrogen and oxygen atoms in total. The molecule has 2 heteroatoms. The van der Waals surface area contributed by atoms with E-state index < -0.39 is 0 Å². The molecule has 0 aliphatic heterocycles. The molecule has 5 atom stereocenters. The Morgan fingerprint density at radius 3 is 2.52 bits per heavy atom. The van der Waals surface area contributed by atoms with Gasteiger partial charge in [-0.1, -0.05) is 76.8 Å². The molecule has 1 amide bonds. The highest BCUT2D eigenvalue weighted by atomic mass is 16.2. The summed E-state index contributed by atoms with van der Waals surface area (Å²) in [5.41, 5.74) is 1.89. The van der Waals surface area contributed by atoms with Crippen LogP contribution in [0.5, 0.6) is 0 Å². The number of amides is 1. The predicted molar refractivity (Wildman–Crippen MR) is 121 cm³/mol. The topological polar surface area (TPSA) is 29.1 Å². The van der Waals surface area contributed by atoms with Gasteiger partial charge in [-0.2, -0.15) is 0 Å². The third-order valence-corrected chi connectivity index (χ3v) is 8.45. The van der Waals surface area contributed by atoms with E-state index in [1.807, 2.05) is 0 Å². The van der Waals surface area contributed by atoms with Crippen LogP contribution < -0.4 is 5.32 Å². The zero-order chi connectivity index (χ0) is 20.5. The lowest BCUT2D eigenvalue weighted by Gasteiger charge is -2.65. The molecule has 160 valence electrons. The van der Waals surface area contributed by atoms with Crippen molar-refractivity contribution >= 4 is 5.91 Å². The minimum atomic E-state index is -0.138. The van der Waals surface area contributed by atoms with E-state index in [4.69, 9.17) is 0 Å². The SMILES string of the molecule is CCCCCC[C@H](CC)NC(=O)C12CC3CC(C)(C1)CC(c1ccccc1)(C3)C2. The number of hydrogen-bond acceptors (Lipinski definition) is 1. The lowest BCUT2D eigenvalue weighted by molar-refractivity contribution is -0.160. The lowest BCUT2D eigenvalue weighted by atomic mass is 9.38. The van der Waals surface area contributed by atoms with Gasteiger partial charge < -0.3 is 5.32 Å². The summed E-state index contributed by atoms with van der Waals surface area (Å²) >= 11 is 0. The van der Waals surface area contributed by atoms with Crippen LogP contribution in [-0.2, 0) is 10.2 Å². The average molecular weight is 396 g/mol. The first-order valence-electron chi connectivity index (χ1n) is 12.3. The van der Waals surface area contributed by atoms with Crippen LogP contribution in [0.15, 0.2) is 30.3 Å². The van der Waals surface area contributed by atoms with E-state index in [1.54, 1.807) is 0 Å². The number of nitrogens with one attached hydrogen (secondary N) is 1. The Morgan fingerprint density at radius 1 is 1.03 bits per heavy atom. The van der Waals surface area contributed by atoms with Crippen molar-refractivity contribution in [1.29, 1.82) is 0 Å². The van der Waals surface area contributed by atoms with Gasteiger partial charge in [-0.3, -0.25) is 4.79 Å². The highest BCUT2D eigenvalue weighted by Crippen LogP contribution is 2.70. The van der Waals surface area contributed by atoms with Gasteiger partial charge >= 0.3 is 0 Å². The summed E-state index contributed by atoms with van der Waals surface area (Å²) in [7, 11) is 0. The Hall–Kier alpha value is -1.31. The van der Waals surface area contributed by atoms with E-state index in [0.29, 0.717) is 23.3 Å². The van der Waals surface area contributed by atoms with Crippen molar-refractivity contribution in [1.82, 2.24) is 5.32 Å². The molecule has 5 rings (SSSR count). The molecule has 1 aromatic carbocycles. The normalized spacial score (nSPS) is 36.2. The molecular formula is C27H41NO. The summed E-state index contributed by atoms with van der Waals surface area (Å²) in [6.07, 6.45) is 14.5. The van der Waals surface area contributed by atoms with E-state index in [9.17, 15) is 4.79 Å². The van der Waals surface area contributed by atoms with Gasteiger partial charge in [0.2, 0.25) is 5.91 Å². The molecule has 1 N–H and O–H groups in total. The minimum Gasteiger partial charge on any atom is -0.353 e. The molecule has 0 saturated heterocycles. The van der Waals surface area contributed by atoms with E-state index in [0.717, 1.165) is 32.1 Å². The molecule has 1 aromatic rings. The summed E-state index contributed by atoms with van der Waals surface area (Å²) in [4.78, 5) is 13.8. The first kappa shape index (κ1) is 20.9. The van der Waals surface area contributed by atoms with Crippen LogP contribution in [0.3, 0.4) is 0 Å². The van der Waals surface area contributed by atoms with Crippen molar-refractivity contribution in [3.05, 3.63) is 35.9 Å². The average Bonchev–Trinajstić information content (AvgIpc) is 2.69. The molecule has 4 saturated carbocycles. The summed E-state index contributed by atoms with van der Waals surface area (Å²) in [6.45, 7) is 6.96. The van der Waals surface area contributed by atoms with Crippen molar-refractivity contribution in [2.24, 2.45) is 16.7 Å². The third kappa shape index (κ3) is 4.01. The van der Waals surface area contributed by atoms with E-state index >= 15 is 0 Å². The molecular weight excluding hydrogens is 354 g/mol. The van der Waals surface area contributed by atoms with Gasteiger partial charge in [0.25, 0.3) is 0 Å². The number of rotatable bonds is 9. The Morgan fingerprint density at radius 2 is 1.83 bits per heavy atom. The predicted octanol–water partition coefficient (Wildman–Crippen LogP) is 6.78.